The van der Waals surface area contributed by atoms with Gasteiger partial charge in [-0.3, -0.25) is 14.9 Å². The summed E-state index contributed by atoms with van der Waals surface area (Å²) >= 11 is 0. The first kappa shape index (κ1) is 34.5. The van der Waals surface area contributed by atoms with Crippen LogP contribution in [-0.2, 0) is 43.8 Å². The predicted octanol–water partition coefficient (Wildman–Crippen LogP) is 3.81. The van der Waals surface area contributed by atoms with Crippen molar-refractivity contribution in [2.24, 2.45) is 0 Å². The summed E-state index contributed by atoms with van der Waals surface area (Å²) in [6.45, 7) is 6.98. The van der Waals surface area contributed by atoms with Crippen molar-refractivity contribution in [1.29, 1.82) is 0 Å². The second kappa shape index (κ2) is 15.1. The van der Waals surface area contributed by atoms with Crippen molar-refractivity contribution >= 4 is 40.1 Å². The Kier molecular flexibility index (Phi) is 11.6. The molecule has 45 heavy (non-hydrogen) atoms. The molecule has 0 bridgehead atoms. The van der Waals surface area contributed by atoms with Crippen LogP contribution in [0.2, 0.25) is 0 Å². The Bertz CT molecular complexity index is 1580. The molecule has 3 rings (SSSR count). The van der Waals surface area contributed by atoms with Crippen LogP contribution < -0.4 is 15.4 Å². The summed E-state index contributed by atoms with van der Waals surface area (Å²) in [7, 11) is -1.30. The van der Waals surface area contributed by atoms with E-state index in [4.69, 9.17) is 19.9 Å². The molecule has 0 fully saturated rings. The Morgan fingerprint density at radius 3 is 2.02 bits per heavy atom. The molecule has 2 aromatic carbocycles. The number of benzene rings is 2. The number of esters is 1. The second-order valence-electron chi connectivity index (χ2n) is 10.8. The highest BCUT2D eigenvalue weighted by Gasteiger charge is 2.29. The number of ether oxygens (including phenoxy) is 3. The number of nitrogens with zero attached hydrogens (tertiary/aromatic N) is 5. The molecule has 3 aromatic rings. The minimum absolute atomic E-state index is 0.0425. The standard InChI is InChI=1S/C29H36N6O9S/c1-6-42-24(36)17-34(27-25(35(38)39)26(30)31-23(32-27)18-45(40)41)16-20-9-13-22(14-10-20)43-21-11-7-19(8-12-21)15-33(5)28(37)44-29(2,3)4/h7-14,45H,6,15-18H2,1-5H3,(H2,30,31,32). The molecule has 0 saturated heterocycles. The third kappa shape index (κ3) is 10.6. The minimum Gasteiger partial charge on any atom is -0.465 e. The van der Waals surface area contributed by atoms with E-state index < -0.39 is 57.1 Å². The molecule has 16 heteroatoms. The summed E-state index contributed by atoms with van der Waals surface area (Å²) in [4.78, 5) is 46.3. The van der Waals surface area contributed by atoms with Crippen LogP contribution in [0.5, 0.6) is 11.5 Å². The van der Waals surface area contributed by atoms with Crippen molar-refractivity contribution in [1.82, 2.24) is 14.9 Å². The van der Waals surface area contributed by atoms with Gasteiger partial charge in [-0.2, -0.15) is 0 Å². The first-order chi connectivity index (χ1) is 21.1. The Labute approximate surface area is 262 Å². The zero-order chi connectivity index (χ0) is 33.3. The van der Waals surface area contributed by atoms with Gasteiger partial charge in [-0.05, 0) is 63.1 Å². The lowest BCUT2D eigenvalue weighted by atomic mass is 10.2. The van der Waals surface area contributed by atoms with Crippen LogP contribution in [0.3, 0.4) is 0 Å². The van der Waals surface area contributed by atoms with E-state index in [1.165, 1.54) is 9.80 Å². The zero-order valence-corrected chi connectivity index (χ0v) is 26.5. The monoisotopic (exact) mass is 644 g/mol. The molecule has 1 aromatic heterocycles. The summed E-state index contributed by atoms with van der Waals surface area (Å²) in [5.74, 6) is -1.32. The molecule has 0 atom stereocenters. The van der Waals surface area contributed by atoms with Crippen molar-refractivity contribution in [3.8, 4) is 11.5 Å². The van der Waals surface area contributed by atoms with Gasteiger partial charge < -0.3 is 29.7 Å². The Morgan fingerprint density at radius 1 is 0.978 bits per heavy atom. The van der Waals surface area contributed by atoms with Gasteiger partial charge in [0.15, 0.2) is 0 Å². The molecule has 2 N–H and O–H groups in total. The number of aromatic nitrogens is 2. The molecule has 0 aliphatic heterocycles. The topological polar surface area (TPSA) is 197 Å². The average Bonchev–Trinajstić information content (AvgIpc) is 2.93. The van der Waals surface area contributed by atoms with Gasteiger partial charge in [0.2, 0.25) is 11.6 Å². The second-order valence-corrected chi connectivity index (χ2v) is 11.8. The highest BCUT2D eigenvalue weighted by molar-refractivity contribution is 7.71. The SMILES string of the molecule is CCOC(=O)CN(Cc1ccc(Oc2ccc(CN(C)C(=O)OC(C)(C)C)cc2)cc1)c1nc(C[SH](=O)=O)nc(N)c1[N+](=O)[O-]. The maximum absolute atomic E-state index is 12.4. The first-order valence-electron chi connectivity index (χ1n) is 13.8. The highest BCUT2D eigenvalue weighted by Crippen LogP contribution is 2.32. The molecule has 0 aliphatic rings. The number of carbonyl (C=O) groups is 2. The van der Waals surface area contributed by atoms with Crippen LogP contribution in [0.4, 0.5) is 22.1 Å². The summed E-state index contributed by atoms with van der Waals surface area (Å²) in [5, 5.41) is 11.9. The van der Waals surface area contributed by atoms with E-state index in [9.17, 15) is 28.1 Å². The Hall–Kier alpha value is -4.99. The van der Waals surface area contributed by atoms with Crippen molar-refractivity contribution < 1.29 is 37.1 Å². The number of nitro groups is 1. The van der Waals surface area contributed by atoms with Crippen molar-refractivity contribution in [3.05, 3.63) is 75.6 Å². The van der Waals surface area contributed by atoms with Gasteiger partial charge in [-0.1, -0.05) is 24.3 Å². The van der Waals surface area contributed by atoms with Gasteiger partial charge in [0.1, 0.15) is 45.9 Å². The number of amides is 1. The number of hydrogen-bond acceptors (Lipinski definition) is 13. The minimum atomic E-state index is -2.95. The van der Waals surface area contributed by atoms with E-state index in [1.807, 2.05) is 12.1 Å². The van der Waals surface area contributed by atoms with E-state index in [0.29, 0.717) is 23.6 Å². The third-order valence-corrected chi connectivity index (χ3v) is 6.44. The maximum atomic E-state index is 12.4. The summed E-state index contributed by atoms with van der Waals surface area (Å²) in [6, 6.07) is 13.9. The number of nitrogens with two attached hydrogens (primary N) is 1. The van der Waals surface area contributed by atoms with Crippen LogP contribution in [0.25, 0.3) is 0 Å². The van der Waals surface area contributed by atoms with E-state index in [0.717, 1.165) is 5.56 Å². The fraction of sp³-hybridized carbons (Fsp3) is 0.379. The van der Waals surface area contributed by atoms with Gasteiger partial charge in [-0.25, -0.2) is 23.2 Å². The number of anilines is 2. The largest absolute Gasteiger partial charge is 0.465 e. The molecule has 0 saturated carbocycles. The number of nitrogen functional groups attached to an aromatic ring is 1. The van der Waals surface area contributed by atoms with Crippen molar-refractivity contribution in [2.75, 3.05) is 30.8 Å². The van der Waals surface area contributed by atoms with Gasteiger partial charge in [0.25, 0.3) is 0 Å². The average molecular weight is 645 g/mol. The number of carbonyl (C=O) groups excluding carboxylic acids is 2. The molecule has 1 heterocycles. The molecule has 15 nitrogen and oxygen atoms in total. The lowest BCUT2D eigenvalue weighted by Crippen LogP contribution is -2.33. The molecule has 1 amide bonds. The molecule has 0 aliphatic carbocycles. The lowest BCUT2D eigenvalue weighted by molar-refractivity contribution is -0.383. The normalized spacial score (nSPS) is 11.2. The third-order valence-electron chi connectivity index (χ3n) is 5.90. The van der Waals surface area contributed by atoms with Crippen LogP contribution in [-0.4, -0.2) is 66.1 Å². The maximum Gasteiger partial charge on any atom is 0.410 e. The number of thiol groups is 1. The fourth-order valence-electron chi connectivity index (χ4n) is 4.02. The Balaban J connectivity index is 1.78. The van der Waals surface area contributed by atoms with Crippen LogP contribution in [0.1, 0.15) is 44.6 Å². The van der Waals surface area contributed by atoms with E-state index in [1.54, 1.807) is 71.1 Å². The Morgan fingerprint density at radius 2 is 1.53 bits per heavy atom. The van der Waals surface area contributed by atoms with Crippen LogP contribution >= 0.6 is 0 Å². The highest BCUT2D eigenvalue weighted by atomic mass is 32.2. The van der Waals surface area contributed by atoms with Crippen molar-refractivity contribution in [2.45, 2.75) is 52.1 Å². The number of rotatable bonds is 13. The molecule has 0 unspecified atom stereocenters. The molecule has 242 valence electrons. The quantitative estimate of drug-likeness (QED) is 0.118. The molecule has 0 radical (unpaired) electrons. The van der Waals surface area contributed by atoms with E-state index in [2.05, 4.69) is 9.97 Å². The van der Waals surface area contributed by atoms with Crippen molar-refractivity contribution in [3.63, 3.8) is 0 Å². The smallest absolute Gasteiger partial charge is 0.410 e. The summed E-state index contributed by atoms with van der Waals surface area (Å²) in [6.07, 6.45) is -0.429. The van der Waals surface area contributed by atoms with Gasteiger partial charge >= 0.3 is 17.7 Å². The fourth-order valence-corrected chi connectivity index (χ4v) is 4.39. The van der Waals surface area contributed by atoms with E-state index in [-0.39, 0.29) is 24.8 Å². The molecular formula is C29H36N6O9S. The van der Waals surface area contributed by atoms with Gasteiger partial charge in [-0.15, -0.1) is 0 Å². The molecule has 0 spiro atoms. The lowest BCUT2D eigenvalue weighted by Gasteiger charge is -2.24. The first-order valence-corrected chi connectivity index (χ1v) is 15.1. The predicted molar refractivity (Wildman–Crippen MR) is 165 cm³/mol. The summed E-state index contributed by atoms with van der Waals surface area (Å²) < 4.78 is 38.9. The number of hydrogen-bond donors (Lipinski definition) is 2. The zero-order valence-electron chi connectivity index (χ0n) is 25.6. The van der Waals surface area contributed by atoms with Crippen LogP contribution in [0, 0.1) is 10.1 Å². The van der Waals surface area contributed by atoms with E-state index >= 15 is 0 Å². The van der Waals surface area contributed by atoms with Gasteiger partial charge in [0, 0.05) is 20.1 Å². The summed E-state index contributed by atoms with van der Waals surface area (Å²) in [5.41, 5.74) is 6.05. The molecular weight excluding hydrogens is 608 g/mol. The van der Waals surface area contributed by atoms with Gasteiger partial charge in [0.05, 0.1) is 11.5 Å². The van der Waals surface area contributed by atoms with Crippen LogP contribution in [0.15, 0.2) is 48.5 Å².